The summed E-state index contributed by atoms with van der Waals surface area (Å²) in [7, 11) is 1.81. The number of benzene rings is 1. The third-order valence-electron chi connectivity index (χ3n) is 6.28. The number of hydrogen-bond donors (Lipinski definition) is 1. The molecule has 2 aromatic rings. The van der Waals surface area contributed by atoms with Crippen LogP contribution in [0.2, 0.25) is 0 Å². The van der Waals surface area contributed by atoms with Crippen molar-refractivity contribution in [3.05, 3.63) is 34.0 Å². The number of aryl methyl sites for hydroxylation is 1. The number of methoxy groups -OCH3 is 1. The zero-order valence-electron chi connectivity index (χ0n) is 15.6. The molecule has 2 heterocycles. The Kier molecular flexibility index (Phi) is 4.88. The lowest BCUT2D eigenvalue weighted by atomic mass is 9.90. The third kappa shape index (κ3) is 3.21. The molecule has 2 fully saturated rings. The third-order valence-corrected chi connectivity index (χ3v) is 6.28. The highest BCUT2D eigenvalue weighted by molar-refractivity contribution is 5.77. The number of fused-ring (bicyclic) bond motifs is 1. The first-order valence-corrected chi connectivity index (χ1v) is 9.74. The maximum atomic E-state index is 14.2. The van der Waals surface area contributed by atoms with E-state index in [4.69, 9.17) is 4.74 Å². The lowest BCUT2D eigenvalue weighted by Gasteiger charge is -2.40. The first-order chi connectivity index (χ1) is 12.6. The molecule has 5 nitrogen and oxygen atoms in total. The van der Waals surface area contributed by atoms with E-state index in [1.54, 1.807) is 11.7 Å². The summed E-state index contributed by atoms with van der Waals surface area (Å²) < 4.78 is 21.4. The van der Waals surface area contributed by atoms with Crippen LogP contribution in [0.1, 0.15) is 50.1 Å². The van der Waals surface area contributed by atoms with Crippen LogP contribution in [-0.4, -0.2) is 46.8 Å². The molecule has 142 valence electrons. The summed E-state index contributed by atoms with van der Waals surface area (Å²) in [4.78, 5) is 17.8. The normalized spacial score (nSPS) is 25.8. The molecule has 26 heavy (non-hydrogen) atoms. The second-order valence-electron chi connectivity index (χ2n) is 7.87. The Bertz CT molecular complexity index is 827. The molecule has 0 unspecified atom stereocenters. The molecule has 2 aliphatic rings. The number of imidazole rings is 1. The summed E-state index contributed by atoms with van der Waals surface area (Å²) in [5.74, 6) is -0.344. The fourth-order valence-electron chi connectivity index (χ4n) is 4.83. The molecule has 1 aliphatic heterocycles. The minimum absolute atomic E-state index is 0.143. The molecule has 4 rings (SSSR count). The molecule has 1 saturated carbocycles. The van der Waals surface area contributed by atoms with E-state index >= 15 is 0 Å². The summed E-state index contributed by atoms with van der Waals surface area (Å²) in [6, 6.07) is 4.17. The number of likely N-dealkylation sites (tertiary alicyclic amines) is 1. The second kappa shape index (κ2) is 7.16. The van der Waals surface area contributed by atoms with Crippen molar-refractivity contribution < 1.29 is 9.13 Å². The molecule has 0 bridgehead atoms. The Morgan fingerprint density at radius 1 is 1.08 bits per heavy atom. The zero-order valence-corrected chi connectivity index (χ0v) is 15.6. The number of rotatable bonds is 3. The number of piperidine rings is 1. The first kappa shape index (κ1) is 17.7. The van der Waals surface area contributed by atoms with E-state index in [1.807, 2.05) is 13.0 Å². The van der Waals surface area contributed by atoms with Gasteiger partial charge in [0.15, 0.2) is 0 Å². The van der Waals surface area contributed by atoms with Crippen LogP contribution in [0.25, 0.3) is 11.0 Å². The van der Waals surface area contributed by atoms with Crippen LogP contribution in [0.3, 0.4) is 0 Å². The van der Waals surface area contributed by atoms with Gasteiger partial charge in [0.1, 0.15) is 11.3 Å². The van der Waals surface area contributed by atoms with Crippen LogP contribution >= 0.6 is 0 Å². The van der Waals surface area contributed by atoms with Crippen molar-refractivity contribution in [1.82, 2.24) is 14.5 Å². The Labute approximate surface area is 153 Å². The molecule has 1 N–H and O–H groups in total. The zero-order chi connectivity index (χ0) is 18.3. The van der Waals surface area contributed by atoms with Gasteiger partial charge in [-0.15, -0.1) is 0 Å². The number of aromatic nitrogens is 2. The van der Waals surface area contributed by atoms with Crippen LogP contribution in [0.15, 0.2) is 16.9 Å². The SMILES string of the molecule is CO[C@H]1CC[C@H](N2CCC(n3c(=O)[nH]c4c(F)cc(C)cc43)CC2)CC1. The minimum atomic E-state index is -0.344. The lowest BCUT2D eigenvalue weighted by molar-refractivity contribution is 0.0296. The molecule has 1 aliphatic carbocycles. The van der Waals surface area contributed by atoms with Crippen molar-refractivity contribution in [2.45, 2.75) is 63.6 Å². The van der Waals surface area contributed by atoms with Gasteiger partial charge in [0, 0.05) is 32.3 Å². The van der Waals surface area contributed by atoms with Crippen molar-refractivity contribution in [3.63, 3.8) is 0 Å². The second-order valence-corrected chi connectivity index (χ2v) is 7.87. The predicted octanol–water partition coefficient (Wildman–Crippen LogP) is 3.37. The van der Waals surface area contributed by atoms with Gasteiger partial charge in [-0.3, -0.25) is 4.57 Å². The van der Waals surface area contributed by atoms with Crippen LogP contribution in [-0.2, 0) is 4.74 Å². The minimum Gasteiger partial charge on any atom is -0.381 e. The molecule has 1 saturated heterocycles. The average Bonchev–Trinajstić information content (AvgIpc) is 2.98. The smallest absolute Gasteiger partial charge is 0.326 e. The van der Waals surface area contributed by atoms with Gasteiger partial charge >= 0.3 is 5.69 Å². The van der Waals surface area contributed by atoms with Crippen molar-refractivity contribution in [2.75, 3.05) is 20.2 Å². The number of H-pyrrole nitrogens is 1. The van der Waals surface area contributed by atoms with E-state index in [-0.39, 0.29) is 17.5 Å². The molecule has 6 heteroatoms. The highest BCUT2D eigenvalue weighted by Gasteiger charge is 2.30. The maximum Gasteiger partial charge on any atom is 0.326 e. The molecular weight excluding hydrogens is 333 g/mol. The highest BCUT2D eigenvalue weighted by Crippen LogP contribution is 2.31. The molecule has 0 radical (unpaired) electrons. The molecule has 1 aromatic heterocycles. The Balaban J connectivity index is 1.48. The molecule has 0 amide bonds. The predicted molar refractivity (Wildman–Crippen MR) is 100 cm³/mol. The van der Waals surface area contributed by atoms with Crippen molar-refractivity contribution in [3.8, 4) is 0 Å². The van der Waals surface area contributed by atoms with Crippen molar-refractivity contribution >= 4 is 11.0 Å². The van der Waals surface area contributed by atoms with Gasteiger partial charge < -0.3 is 14.6 Å². The highest BCUT2D eigenvalue weighted by atomic mass is 19.1. The molecular formula is C20H28FN3O2. The van der Waals surface area contributed by atoms with E-state index in [0.29, 0.717) is 23.2 Å². The van der Waals surface area contributed by atoms with Gasteiger partial charge in [0.05, 0.1) is 11.6 Å². The van der Waals surface area contributed by atoms with Gasteiger partial charge in [-0.2, -0.15) is 0 Å². The van der Waals surface area contributed by atoms with Gasteiger partial charge in [-0.1, -0.05) is 0 Å². The number of halogens is 1. The number of aromatic amines is 1. The van der Waals surface area contributed by atoms with E-state index < -0.39 is 0 Å². The Morgan fingerprint density at radius 3 is 2.42 bits per heavy atom. The van der Waals surface area contributed by atoms with Crippen LogP contribution in [0.5, 0.6) is 0 Å². The Morgan fingerprint density at radius 2 is 1.77 bits per heavy atom. The topological polar surface area (TPSA) is 50.3 Å². The number of nitrogens with zero attached hydrogens (tertiary/aromatic N) is 2. The first-order valence-electron chi connectivity index (χ1n) is 9.74. The summed E-state index contributed by atoms with van der Waals surface area (Å²) in [5.41, 5.74) is 1.69. The van der Waals surface area contributed by atoms with Gasteiger partial charge in [-0.25, -0.2) is 9.18 Å². The largest absolute Gasteiger partial charge is 0.381 e. The lowest BCUT2D eigenvalue weighted by Crippen LogP contribution is -2.45. The average molecular weight is 361 g/mol. The van der Waals surface area contributed by atoms with E-state index in [2.05, 4.69) is 9.88 Å². The summed E-state index contributed by atoms with van der Waals surface area (Å²) in [6.45, 7) is 3.87. The van der Waals surface area contributed by atoms with E-state index in [1.165, 1.54) is 18.9 Å². The molecule has 0 atom stereocenters. The van der Waals surface area contributed by atoms with Crippen LogP contribution in [0.4, 0.5) is 4.39 Å². The number of nitrogens with one attached hydrogen (secondary N) is 1. The van der Waals surface area contributed by atoms with Gasteiger partial charge in [-0.05, 0) is 63.1 Å². The fraction of sp³-hybridized carbons (Fsp3) is 0.650. The van der Waals surface area contributed by atoms with E-state index in [9.17, 15) is 9.18 Å². The molecule has 0 spiro atoms. The summed E-state index contributed by atoms with van der Waals surface area (Å²) >= 11 is 0. The monoisotopic (exact) mass is 361 g/mol. The Hall–Kier alpha value is -1.66. The quantitative estimate of drug-likeness (QED) is 0.912. The van der Waals surface area contributed by atoms with E-state index in [0.717, 1.165) is 44.3 Å². The maximum absolute atomic E-state index is 14.2. The number of hydrogen-bond acceptors (Lipinski definition) is 3. The standard InChI is InChI=1S/C20H28FN3O2/c1-13-11-17(21)19-18(12-13)24(20(25)22-19)15-7-9-23(10-8-15)14-3-5-16(26-2)6-4-14/h11-12,14-16H,3-10H2,1-2H3,(H,22,25)/t14-,16-. The van der Waals surface area contributed by atoms with Crippen LogP contribution < -0.4 is 5.69 Å². The number of ether oxygens (including phenoxy) is 1. The summed E-state index contributed by atoms with van der Waals surface area (Å²) in [6.07, 6.45) is 6.97. The van der Waals surface area contributed by atoms with Crippen molar-refractivity contribution in [2.24, 2.45) is 0 Å². The van der Waals surface area contributed by atoms with Gasteiger partial charge in [0.25, 0.3) is 0 Å². The molecule has 1 aromatic carbocycles. The van der Waals surface area contributed by atoms with Crippen molar-refractivity contribution in [1.29, 1.82) is 0 Å². The summed E-state index contributed by atoms with van der Waals surface area (Å²) in [5, 5.41) is 0. The van der Waals surface area contributed by atoms with Crippen LogP contribution in [0, 0.1) is 12.7 Å². The fourth-order valence-corrected chi connectivity index (χ4v) is 4.83. The van der Waals surface area contributed by atoms with Gasteiger partial charge in [0.2, 0.25) is 0 Å².